The number of amides is 1. The summed E-state index contributed by atoms with van der Waals surface area (Å²) in [6, 6.07) is 3.33. The minimum atomic E-state index is -3.52. The van der Waals surface area contributed by atoms with Crippen LogP contribution in [0.25, 0.3) is 0 Å². The lowest BCUT2D eigenvalue weighted by molar-refractivity contribution is 0.0953. The number of sulfonamides is 1. The van der Waals surface area contributed by atoms with Gasteiger partial charge in [-0.25, -0.2) is 12.8 Å². The highest BCUT2D eigenvalue weighted by molar-refractivity contribution is 7.92. The van der Waals surface area contributed by atoms with Gasteiger partial charge in [-0.2, -0.15) is 0 Å². The van der Waals surface area contributed by atoms with Crippen LogP contribution in [-0.4, -0.2) is 27.1 Å². The summed E-state index contributed by atoms with van der Waals surface area (Å²) in [7, 11) is -3.52. The Kier molecular flexibility index (Phi) is 5.29. The van der Waals surface area contributed by atoms with Crippen molar-refractivity contribution in [2.45, 2.75) is 19.8 Å². The van der Waals surface area contributed by atoms with Crippen molar-refractivity contribution in [1.29, 1.82) is 0 Å². The van der Waals surface area contributed by atoms with E-state index in [0.29, 0.717) is 6.54 Å². The summed E-state index contributed by atoms with van der Waals surface area (Å²) in [5.74, 6) is -1.10. The number of hydrogen-bond donors (Lipinski definition) is 2. The van der Waals surface area contributed by atoms with Gasteiger partial charge < -0.3 is 5.32 Å². The van der Waals surface area contributed by atoms with Gasteiger partial charge in [0.05, 0.1) is 17.5 Å². The molecule has 0 saturated heterocycles. The van der Waals surface area contributed by atoms with Crippen LogP contribution in [0.15, 0.2) is 18.2 Å². The Morgan fingerprint density at radius 2 is 2.05 bits per heavy atom. The van der Waals surface area contributed by atoms with Crippen LogP contribution >= 0.6 is 0 Å². The zero-order valence-electron chi connectivity index (χ0n) is 10.9. The maximum absolute atomic E-state index is 13.2. The first kappa shape index (κ1) is 15.4. The number of halogens is 1. The fourth-order valence-corrected chi connectivity index (χ4v) is 2.04. The smallest absolute Gasteiger partial charge is 0.253 e. The molecule has 0 atom stereocenters. The lowest BCUT2D eigenvalue weighted by atomic mass is 10.1. The molecule has 1 rings (SSSR count). The zero-order valence-corrected chi connectivity index (χ0v) is 11.7. The van der Waals surface area contributed by atoms with Crippen molar-refractivity contribution in [1.82, 2.24) is 5.32 Å². The topological polar surface area (TPSA) is 75.3 Å². The largest absolute Gasteiger partial charge is 0.352 e. The van der Waals surface area contributed by atoms with Crippen molar-refractivity contribution < 1.29 is 17.6 Å². The highest BCUT2D eigenvalue weighted by Crippen LogP contribution is 2.18. The molecule has 1 aromatic carbocycles. The second-order valence-electron chi connectivity index (χ2n) is 4.17. The van der Waals surface area contributed by atoms with Gasteiger partial charge in [0.25, 0.3) is 5.91 Å². The van der Waals surface area contributed by atoms with Crippen LogP contribution in [0, 0.1) is 5.82 Å². The molecule has 0 saturated carbocycles. The van der Waals surface area contributed by atoms with Gasteiger partial charge in [0.2, 0.25) is 10.0 Å². The third-order valence-corrected chi connectivity index (χ3v) is 2.93. The van der Waals surface area contributed by atoms with Crippen molar-refractivity contribution in [3.63, 3.8) is 0 Å². The van der Waals surface area contributed by atoms with Gasteiger partial charge in [0.15, 0.2) is 0 Å². The molecule has 0 aliphatic carbocycles. The summed E-state index contributed by atoms with van der Waals surface area (Å²) in [6.07, 6.45) is 2.68. The van der Waals surface area contributed by atoms with Crippen LogP contribution in [-0.2, 0) is 10.0 Å². The van der Waals surface area contributed by atoms with Crippen molar-refractivity contribution in [3.05, 3.63) is 29.6 Å². The molecule has 0 aliphatic rings. The molecule has 19 heavy (non-hydrogen) atoms. The second-order valence-corrected chi connectivity index (χ2v) is 5.92. The molecule has 0 aromatic heterocycles. The van der Waals surface area contributed by atoms with Gasteiger partial charge in [0, 0.05) is 6.54 Å². The van der Waals surface area contributed by atoms with Crippen molar-refractivity contribution in [3.8, 4) is 0 Å². The van der Waals surface area contributed by atoms with E-state index >= 15 is 0 Å². The minimum Gasteiger partial charge on any atom is -0.352 e. The summed E-state index contributed by atoms with van der Waals surface area (Å²) >= 11 is 0. The van der Waals surface area contributed by atoms with E-state index in [4.69, 9.17) is 0 Å². The molecule has 0 aliphatic heterocycles. The number of carbonyl (C=O) groups is 1. The van der Waals surface area contributed by atoms with E-state index in [1.807, 2.05) is 6.92 Å². The number of hydrogen-bond acceptors (Lipinski definition) is 3. The summed E-state index contributed by atoms with van der Waals surface area (Å²) < 4.78 is 37.7. The Bertz CT molecular complexity index is 558. The molecule has 106 valence electrons. The summed E-state index contributed by atoms with van der Waals surface area (Å²) in [5.41, 5.74) is 0.0411. The van der Waals surface area contributed by atoms with Gasteiger partial charge >= 0.3 is 0 Å². The first-order valence-electron chi connectivity index (χ1n) is 5.89. The Labute approximate surface area is 112 Å². The van der Waals surface area contributed by atoms with E-state index < -0.39 is 21.7 Å². The van der Waals surface area contributed by atoms with Gasteiger partial charge in [-0.15, -0.1) is 0 Å². The van der Waals surface area contributed by atoms with E-state index in [1.165, 1.54) is 6.07 Å². The Morgan fingerprint density at radius 1 is 1.37 bits per heavy atom. The SMILES string of the molecule is CCCCNC(=O)c1cc(F)ccc1NS(C)(=O)=O. The van der Waals surface area contributed by atoms with Crippen LogP contribution in [0.1, 0.15) is 30.1 Å². The quantitative estimate of drug-likeness (QED) is 0.783. The molecule has 1 aromatic rings. The lowest BCUT2D eigenvalue weighted by Crippen LogP contribution is -2.26. The minimum absolute atomic E-state index is 0.0264. The zero-order chi connectivity index (χ0) is 14.5. The second kappa shape index (κ2) is 6.51. The Morgan fingerprint density at radius 3 is 2.63 bits per heavy atom. The third kappa shape index (κ3) is 5.25. The van der Waals surface area contributed by atoms with Crippen LogP contribution in [0.2, 0.25) is 0 Å². The molecule has 0 radical (unpaired) electrons. The molecule has 0 bridgehead atoms. The first-order chi connectivity index (χ1) is 8.83. The lowest BCUT2D eigenvalue weighted by Gasteiger charge is -2.11. The molecular weight excluding hydrogens is 271 g/mol. The fourth-order valence-electron chi connectivity index (χ4n) is 1.47. The summed E-state index contributed by atoms with van der Waals surface area (Å²) in [6.45, 7) is 2.44. The van der Waals surface area contributed by atoms with Crippen molar-refractivity contribution in [2.24, 2.45) is 0 Å². The van der Waals surface area contributed by atoms with Crippen molar-refractivity contribution in [2.75, 3.05) is 17.5 Å². The third-order valence-electron chi connectivity index (χ3n) is 2.34. The normalized spacial score (nSPS) is 11.1. The number of anilines is 1. The van der Waals surface area contributed by atoms with Gasteiger partial charge in [0.1, 0.15) is 5.82 Å². The van der Waals surface area contributed by atoms with Crippen LogP contribution < -0.4 is 10.0 Å². The predicted octanol–water partition coefficient (Wildman–Crippen LogP) is 1.73. The van der Waals surface area contributed by atoms with E-state index in [-0.39, 0.29) is 11.3 Å². The molecule has 0 unspecified atom stereocenters. The molecule has 0 fully saturated rings. The fraction of sp³-hybridized carbons (Fsp3) is 0.417. The van der Waals surface area contributed by atoms with Crippen molar-refractivity contribution >= 4 is 21.6 Å². The van der Waals surface area contributed by atoms with E-state index in [2.05, 4.69) is 10.0 Å². The number of carbonyl (C=O) groups excluding carboxylic acids is 1. The average Bonchev–Trinajstić information content (AvgIpc) is 2.30. The number of nitrogens with one attached hydrogen (secondary N) is 2. The van der Waals surface area contributed by atoms with Gasteiger partial charge in [-0.3, -0.25) is 9.52 Å². The Hall–Kier alpha value is -1.63. The van der Waals surface area contributed by atoms with E-state index in [1.54, 1.807) is 0 Å². The van der Waals surface area contributed by atoms with Crippen LogP contribution in [0.5, 0.6) is 0 Å². The molecule has 0 heterocycles. The van der Waals surface area contributed by atoms with Crippen LogP contribution in [0.4, 0.5) is 10.1 Å². The van der Waals surface area contributed by atoms with E-state index in [0.717, 1.165) is 31.2 Å². The summed E-state index contributed by atoms with van der Waals surface area (Å²) in [4.78, 5) is 11.9. The van der Waals surface area contributed by atoms with E-state index in [9.17, 15) is 17.6 Å². The number of unbranched alkanes of at least 4 members (excludes halogenated alkanes) is 1. The maximum atomic E-state index is 13.2. The predicted molar refractivity (Wildman–Crippen MR) is 72.1 cm³/mol. The van der Waals surface area contributed by atoms with Gasteiger partial charge in [-0.05, 0) is 24.6 Å². The highest BCUT2D eigenvalue weighted by atomic mass is 32.2. The average molecular weight is 288 g/mol. The molecule has 7 heteroatoms. The summed E-state index contributed by atoms with van der Waals surface area (Å²) in [5, 5.41) is 2.61. The molecule has 2 N–H and O–H groups in total. The number of rotatable bonds is 6. The monoisotopic (exact) mass is 288 g/mol. The maximum Gasteiger partial charge on any atom is 0.253 e. The standard InChI is InChI=1S/C12H17FN2O3S/c1-3-4-7-14-12(16)10-8-9(13)5-6-11(10)15-19(2,17)18/h5-6,8,15H,3-4,7H2,1-2H3,(H,14,16). The number of benzene rings is 1. The molecule has 0 spiro atoms. The first-order valence-corrected chi connectivity index (χ1v) is 7.78. The highest BCUT2D eigenvalue weighted by Gasteiger charge is 2.14. The Balaban J connectivity index is 2.97. The molecular formula is C12H17FN2O3S. The molecule has 5 nitrogen and oxygen atoms in total. The van der Waals surface area contributed by atoms with Gasteiger partial charge in [-0.1, -0.05) is 13.3 Å². The van der Waals surface area contributed by atoms with Crippen LogP contribution in [0.3, 0.4) is 0 Å². The molecule has 1 amide bonds.